The predicted molar refractivity (Wildman–Crippen MR) is 120 cm³/mol. The van der Waals surface area contributed by atoms with Crippen molar-refractivity contribution in [3.63, 3.8) is 0 Å². The molecule has 3 atom stereocenters. The van der Waals surface area contributed by atoms with Crippen molar-refractivity contribution in [1.29, 1.82) is 5.26 Å². The molecule has 156 valence electrons. The molecule has 2 nitrogen and oxygen atoms in total. The highest BCUT2D eigenvalue weighted by Crippen LogP contribution is 2.43. The Morgan fingerprint density at radius 2 is 1.62 bits per heavy atom. The molecule has 0 N–H and O–H groups in total. The monoisotopic (exact) mass is 394 g/mol. The van der Waals surface area contributed by atoms with Gasteiger partial charge < -0.3 is 4.90 Å². The fraction of sp³-hybridized carbons (Fsp3) is 0.500. The smallest absolute Gasteiger partial charge is 0.108 e. The Morgan fingerprint density at radius 3 is 2.17 bits per heavy atom. The first-order chi connectivity index (χ1) is 14.1. The first kappa shape index (κ1) is 23.1. The number of alkyl halides is 1. The molecule has 0 bridgehead atoms. The maximum Gasteiger partial charge on any atom is 0.108 e. The summed E-state index contributed by atoms with van der Waals surface area (Å²) in [6, 6.07) is 21.7. The number of nitriles is 1. The minimum Gasteiger partial charge on any atom is -0.300 e. The lowest BCUT2D eigenvalue weighted by Crippen LogP contribution is -2.35. The van der Waals surface area contributed by atoms with Crippen LogP contribution in [0.25, 0.3) is 0 Å². The topological polar surface area (TPSA) is 27.0 Å². The lowest BCUT2D eigenvalue weighted by Gasteiger charge is -2.29. The quantitative estimate of drug-likeness (QED) is 0.471. The molecule has 0 spiro atoms. The maximum atomic E-state index is 13.2. The molecule has 0 amide bonds. The number of hydrogen-bond acceptors (Lipinski definition) is 2. The van der Waals surface area contributed by atoms with Gasteiger partial charge in [-0.25, -0.2) is 4.39 Å². The van der Waals surface area contributed by atoms with Crippen molar-refractivity contribution >= 4 is 0 Å². The van der Waals surface area contributed by atoms with Gasteiger partial charge in [0.25, 0.3) is 0 Å². The highest BCUT2D eigenvalue weighted by molar-refractivity contribution is 5.30. The molecular weight excluding hydrogens is 359 g/mol. The average Bonchev–Trinajstić information content (AvgIpc) is 3.47. The second-order valence-corrected chi connectivity index (χ2v) is 7.98. The molecule has 29 heavy (non-hydrogen) atoms. The van der Waals surface area contributed by atoms with Crippen molar-refractivity contribution in [2.45, 2.75) is 71.0 Å². The molecule has 1 saturated carbocycles. The Labute approximate surface area is 176 Å². The van der Waals surface area contributed by atoms with Crippen molar-refractivity contribution in [3.8, 4) is 6.07 Å². The summed E-state index contributed by atoms with van der Waals surface area (Å²) in [5.74, 6) is 0.168. The minimum absolute atomic E-state index is 0.168. The van der Waals surface area contributed by atoms with E-state index in [0.29, 0.717) is 12.5 Å². The number of aryl methyl sites for hydroxylation is 1. The minimum atomic E-state index is -0.604. The number of nitrogens with zero attached hydrogens (tertiary/aromatic N) is 2. The normalized spacial score (nSPS) is 18.5. The van der Waals surface area contributed by atoms with E-state index in [1.54, 1.807) is 6.07 Å². The molecule has 1 fully saturated rings. The summed E-state index contributed by atoms with van der Waals surface area (Å²) >= 11 is 0. The fourth-order valence-electron chi connectivity index (χ4n) is 3.76. The molecule has 2 aromatic carbocycles. The van der Waals surface area contributed by atoms with E-state index in [1.165, 1.54) is 36.5 Å². The van der Waals surface area contributed by atoms with E-state index in [-0.39, 0.29) is 5.92 Å². The molecule has 1 aliphatic carbocycles. The summed E-state index contributed by atoms with van der Waals surface area (Å²) in [5, 5.41) is 7.32. The second kappa shape index (κ2) is 12.4. The Balaban J connectivity index is 0.000000941. The summed E-state index contributed by atoms with van der Waals surface area (Å²) in [4.78, 5) is 2.62. The average molecular weight is 395 g/mol. The largest absolute Gasteiger partial charge is 0.300 e. The van der Waals surface area contributed by atoms with Crippen LogP contribution in [0.3, 0.4) is 0 Å². The summed E-state index contributed by atoms with van der Waals surface area (Å²) < 4.78 is 13.2. The molecule has 0 aliphatic heterocycles. The van der Waals surface area contributed by atoms with Gasteiger partial charge in [0.15, 0.2) is 0 Å². The number of benzene rings is 2. The predicted octanol–water partition coefficient (Wildman–Crippen LogP) is 6.32. The molecular formula is C26H35FN2. The molecule has 0 aromatic heterocycles. The zero-order valence-corrected chi connectivity index (χ0v) is 18.2. The van der Waals surface area contributed by atoms with Crippen LogP contribution in [0.4, 0.5) is 4.39 Å². The van der Waals surface area contributed by atoms with Crippen LogP contribution in [-0.4, -0.2) is 30.2 Å². The van der Waals surface area contributed by atoms with Gasteiger partial charge in [-0.3, -0.25) is 0 Å². The molecule has 3 unspecified atom stereocenters. The van der Waals surface area contributed by atoms with Crippen molar-refractivity contribution in [1.82, 2.24) is 4.90 Å². The molecule has 3 rings (SSSR count). The van der Waals surface area contributed by atoms with Gasteiger partial charge in [-0.1, -0.05) is 61.5 Å². The Hall–Kier alpha value is -2.18. The van der Waals surface area contributed by atoms with Gasteiger partial charge in [0.2, 0.25) is 0 Å². The molecule has 2 aromatic rings. The van der Waals surface area contributed by atoms with E-state index in [0.717, 1.165) is 25.9 Å². The van der Waals surface area contributed by atoms with Gasteiger partial charge in [0.05, 0.1) is 6.07 Å². The fourth-order valence-corrected chi connectivity index (χ4v) is 3.76. The molecule has 0 heterocycles. The van der Waals surface area contributed by atoms with Gasteiger partial charge in [0.1, 0.15) is 6.17 Å². The second-order valence-electron chi connectivity index (χ2n) is 7.98. The molecule has 0 radical (unpaired) electrons. The van der Waals surface area contributed by atoms with E-state index in [4.69, 9.17) is 5.26 Å². The lowest BCUT2D eigenvalue weighted by atomic mass is 10.0. The third-order valence-corrected chi connectivity index (χ3v) is 5.64. The van der Waals surface area contributed by atoms with Gasteiger partial charge in [-0.05, 0) is 62.3 Å². The van der Waals surface area contributed by atoms with Crippen LogP contribution >= 0.6 is 0 Å². The van der Waals surface area contributed by atoms with Gasteiger partial charge in [-0.15, -0.1) is 0 Å². The van der Waals surface area contributed by atoms with Crippen LogP contribution in [0.15, 0.2) is 54.6 Å². The number of halogens is 1. The third kappa shape index (κ3) is 7.99. The summed E-state index contributed by atoms with van der Waals surface area (Å²) in [6.07, 6.45) is 4.68. The molecule has 1 aliphatic rings. The van der Waals surface area contributed by atoms with E-state index in [2.05, 4.69) is 73.3 Å². The van der Waals surface area contributed by atoms with Crippen LogP contribution in [0.1, 0.15) is 62.6 Å². The zero-order chi connectivity index (χ0) is 21.1. The van der Waals surface area contributed by atoms with E-state index in [1.807, 2.05) is 0 Å². The number of rotatable bonds is 10. The third-order valence-electron chi connectivity index (χ3n) is 5.64. The van der Waals surface area contributed by atoms with Gasteiger partial charge in [-0.2, -0.15) is 5.26 Å². The standard InChI is InChI=1S/C24H32FN.C2H3N/c1-3-16-26(17-15-20-7-5-4-6-8-20)19(2)9-10-21-11-13-22(14-12-21)23-18-24(23)25;1-2-3/h4-8,11-14,19,23-24H,3,9-10,15-18H2,1-2H3;1H3. The van der Waals surface area contributed by atoms with Gasteiger partial charge >= 0.3 is 0 Å². The van der Waals surface area contributed by atoms with Crippen molar-refractivity contribution < 1.29 is 4.39 Å². The first-order valence-electron chi connectivity index (χ1n) is 10.9. The van der Waals surface area contributed by atoms with Crippen LogP contribution in [0, 0.1) is 11.3 Å². The van der Waals surface area contributed by atoms with Crippen LogP contribution in [0.5, 0.6) is 0 Å². The van der Waals surface area contributed by atoms with E-state index < -0.39 is 6.17 Å². The lowest BCUT2D eigenvalue weighted by molar-refractivity contribution is 0.202. The molecule has 0 saturated heterocycles. The zero-order valence-electron chi connectivity index (χ0n) is 18.2. The Morgan fingerprint density at radius 1 is 1.03 bits per heavy atom. The summed E-state index contributed by atoms with van der Waals surface area (Å²) in [5.41, 5.74) is 3.96. The first-order valence-corrected chi connectivity index (χ1v) is 10.9. The maximum absolute atomic E-state index is 13.2. The van der Waals surface area contributed by atoms with Crippen LogP contribution < -0.4 is 0 Å². The summed E-state index contributed by atoms with van der Waals surface area (Å²) in [6.45, 7) is 8.33. The van der Waals surface area contributed by atoms with Crippen molar-refractivity contribution in [2.75, 3.05) is 13.1 Å². The van der Waals surface area contributed by atoms with Crippen LogP contribution in [0.2, 0.25) is 0 Å². The van der Waals surface area contributed by atoms with Crippen molar-refractivity contribution in [3.05, 3.63) is 71.3 Å². The Kier molecular flexibility index (Phi) is 9.88. The highest BCUT2D eigenvalue weighted by atomic mass is 19.1. The highest BCUT2D eigenvalue weighted by Gasteiger charge is 2.38. The van der Waals surface area contributed by atoms with Gasteiger partial charge in [0, 0.05) is 25.4 Å². The van der Waals surface area contributed by atoms with Crippen molar-refractivity contribution in [2.24, 2.45) is 0 Å². The summed E-state index contributed by atoms with van der Waals surface area (Å²) in [7, 11) is 0. The SMILES string of the molecule is CC#N.CCCN(CCc1ccccc1)C(C)CCc1ccc(C2CC2F)cc1. The van der Waals surface area contributed by atoms with E-state index in [9.17, 15) is 4.39 Å². The number of hydrogen-bond donors (Lipinski definition) is 0. The Bertz CT molecular complexity index is 736. The molecule has 3 heteroatoms. The van der Waals surface area contributed by atoms with E-state index >= 15 is 0 Å². The van der Waals surface area contributed by atoms with Crippen LogP contribution in [-0.2, 0) is 12.8 Å².